The predicted molar refractivity (Wildman–Crippen MR) is 94.3 cm³/mol. The zero-order chi connectivity index (χ0) is 20.6. The first kappa shape index (κ1) is 20.0. The summed E-state index contributed by atoms with van der Waals surface area (Å²) in [6, 6.07) is 8.54. The Labute approximate surface area is 159 Å². The Bertz CT molecular complexity index is 901. The Kier molecular flexibility index (Phi) is 5.23. The van der Waals surface area contributed by atoms with Gasteiger partial charge in [-0.05, 0) is 40.8 Å². The third-order valence-electron chi connectivity index (χ3n) is 4.67. The van der Waals surface area contributed by atoms with Gasteiger partial charge in [-0.2, -0.15) is 4.39 Å². The highest BCUT2D eigenvalue weighted by Crippen LogP contribution is 2.48. The molecular weight excluding hydrogens is 378 g/mol. The molecule has 1 unspecified atom stereocenters. The summed E-state index contributed by atoms with van der Waals surface area (Å²) in [4.78, 5) is 11.2. The van der Waals surface area contributed by atoms with E-state index in [4.69, 9.17) is 10.5 Å². The molecule has 2 N–H and O–H groups in total. The van der Waals surface area contributed by atoms with Crippen molar-refractivity contribution in [2.24, 2.45) is 11.1 Å². The molecule has 4 nitrogen and oxygen atoms in total. The number of ether oxygens (including phenoxy) is 2. The maximum atomic E-state index is 13.9. The highest BCUT2D eigenvalue weighted by atomic mass is 19.3. The van der Waals surface area contributed by atoms with E-state index < -0.39 is 30.8 Å². The molecule has 2 atom stereocenters. The molecule has 0 radical (unpaired) electrons. The molecule has 28 heavy (non-hydrogen) atoms. The molecule has 0 aliphatic heterocycles. The largest absolute Gasteiger partial charge is 0.454 e. The van der Waals surface area contributed by atoms with E-state index in [1.807, 2.05) is 13.8 Å². The number of amides is 1. The van der Waals surface area contributed by atoms with Gasteiger partial charge in [0.25, 0.3) is 6.36 Å². The molecule has 0 aromatic heterocycles. The molecule has 0 fully saturated rings. The van der Waals surface area contributed by atoms with E-state index in [0.717, 1.165) is 17.2 Å². The second-order valence-electron chi connectivity index (χ2n) is 7.37. The van der Waals surface area contributed by atoms with Crippen LogP contribution in [-0.4, -0.2) is 18.9 Å². The van der Waals surface area contributed by atoms with Gasteiger partial charge in [0.1, 0.15) is 17.7 Å². The highest BCUT2D eigenvalue weighted by Gasteiger charge is 2.41. The lowest BCUT2D eigenvalue weighted by molar-refractivity contribution is -0.0669. The van der Waals surface area contributed by atoms with Gasteiger partial charge in [0.05, 0.1) is 0 Å². The van der Waals surface area contributed by atoms with Crippen LogP contribution in [0.4, 0.5) is 22.4 Å². The summed E-state index contributed by atoms with van der Waals surface area (Å²) in [5, 5.41) is 0. The Balaban J connectivity index is 1.94. The van der Waals surface area contributed by atoms with Crippen molar-refractivity contribution in [3.63, 3.8) is 0 Å². The summed E-state index contributed by atoms with van der Waals surface area (Å²) in [6.45, 7) is 3.86. The van der Waals surface area contributed by atoms with Crippen molar-refractivity contribution in [1.82, 2.24) is 0 Å². The quantitative estimate of drug-likeness (QED) is 0.710. The predicted octanol–water partition coefficient (Wildman–Crippen LogP) is 5.15. The minimum absolute atomic E-state index is 0.335. The summed E-state index contributed by atoms with van der Waals surface area (Å²) >= 11 is 0. The van der Waals surface area contributed by atoms with Gasteiger partial charge in [0.15, 0.2) is 0 Å². The first-order chi connectivity index (χ1) is 13.1. The molecule has 0 heterocycles. The van der Waals surface area contributed by atoms with E-state index in [1.165, 1.54) is 12.1 Å². The molecule has 0 bridgehead atoms. The van der Waals surface area contributed by atoms with Crippen molar-refractivity contribution in [2.45, 2.75) is 39.2 Å². The molecule has 1 aliphatic rings. The number of hydrogen-bond acceptors (Lipinski definition) is 3. The topological polar surface area (TPSA) is 61.6 Å². The number of rotatable bonds is 5. The number of nitrogens with two attached hydrogens (primary N) is 1. The number of primary amides is 1. The summed E-state index contributed by atoms with van der Waals surface area (Å²) in [5.74, 6) is -1.08. The van der Waals surface area contributed by atoms with Crippen LogP contribution in [0.15, 0.2) is 36.4 Å². The summed E-state index contributed by atoms with van der Waals surface area (Å²) < 4.78 is 61.5. The molecule has 2 aromatic rings. The smallest absolute Gasteiger partial charge is 0.405 e. The standard InChI is InChI=1S/C20H19F4NO3/c1-20(2)9-12-5-10(3-4-15(12)16(20)28-19(25)26)11-6-13(21)8-14(7-11)27-18(24)17(22)23/h3-8,16-18H,9H2,1-2H3,(H2,25,26)/t16-,18?/m0/s1. The Hall–Kier alpha value is -2.77. The summed E-state index contributed by atoms with van der Waals surface area (Å²) in [6.07, 6.45) is -6.98. The van der Waals surface area contributed by atoms with Gasteiger partial charge in [0, 0.05) is 11.5 Å². The van der Waals surface area contributed by atoms with Gasteiger partial charge >= 0.3 is 12.5 Å². The van der Waals surface area contributed by atoms with Gasteiger partial charge in [-0.25, -0.2) is 18.0 Å². The lowest BCUT2D eigenvalue weighted by Crippen LogP contribution is -2.25. The number of carbonyl (C=O) groups is 1. The van der Waals surface area contributed by atoms with Gasteiger partial charge in [-0.1, -0.05) is 32.0 Å². The SMILES string of the molecule is CC1(C)Cc2cc(-c3cc(F)cc(OC(F)C(F)F)c3)ccc2[C@@H]1OC(N)=O. The maximum absolute atomic E-state index is 13.9. The molecule has 0 spiro atoms. The third-order valence-corrected chi connectivity index (χ3v) is 4.67. The number of benzene rings is 2. The zero-order valence-electron chi connectivity index (χ0n) is 15.2. The molecule has 1 aliphatic carbocycles. The fourth-order valence-corrected chi connectivity index (χ4v) is 3.52. The van der Waals surface area contributed by atoms with Crippen molar-refractivity contribution in [3.8, 4) is 16.9 Å². The summed E-state index contributed by atoms with van der Waals surface area (Å²) in [5.41, 5.74) is 7.39. The number of halogens is 4. The average molecular weight is 397 g/mol. The van der Waals surface area contributed by atoms with Crippen molar-refractivity contribution in [2.75, 3.05) is 0 Å². The molecule has 0 saturated carbocycles. The Morgan fingerprint density at radius 1 is 1.14 bits per heavy atom. The van der Waals surface area contributed by atoms with Crippen molar-refractivity contribution < 1.29 is 31.8 Å². The van der Waals surface area contributed by atoms with Gasteiger partial charge in [0.2, 0.25) is 0 Å². The number of fused-ring (bicyclic) bond motifs is 1. The minimum Gasteiger partial charge on any atom is -0.454 e. The molecule has 8 heteroatoms. The van der Waals surface area contributed by atoms with Crippen molar-refractivity contribution in [3.05, 3.63) is 53.3 Å². The van der Waals surface area contributed by atoms with Crippen LogP contribution < -0.4 is 10.5 Å². The highest BCUT2D eigenvalue weighted by molar-refractivity contribution is 5.68. The number of carbonyl (C=O) groups excluding carboxylic acids is 1. The van der Waals surface area contributed by atoms with Crippen LogP contribution in [0.3, 0.4) is 0 Å². The number of alkyl halides is 3. The van der Waals surface area contributed by atoms with E-state index >= 15 is 0 Å². The fourth-order valence-electron chi connectivity index (χ4n) is 3.52. The fraction of sp³-hybridized carbons (Fsp3) is 0.350. The van der Waals surface area contributed by atoms with E-state index in [9.17, 15) is 22.4 Å². The van der Waals surface area contributed by atoms with Gasteiger partial charge < -0.3 is 15.2 Å². The van der Waals surface area contributed by atoms with Crippen LogP contribution >= 0.6 is 0 Å². The van der Waals surface area contributed by atoms with Crippen LogP contribution in [0, 0.1) is 11.2 Å². The third kappa shape index (κ3) is 4.05. The van der Waals surface area contributed by atoms with Crippen molar-refractivity contribution in [1.29, 1.82) is 0 Å². The van der Waals surface area contributed by atoms with E-state index in [0.29, 0.717) is 17.5 Å². The first-order valence-electron chi connectivity index (χ1n) is 8.55. The Morgan fingerprint density at radius 3 is 2.50 bits per heavy atom. The van der Waals surface area contributed by atoms with E-state index in [2.05, 4.69) is 4.74 Å². The molecule has 2 aromatic carbocycles. The first-order valence-corrected chi connectivity index (χ1v) is 8.55. The normalized spacial score (nSPS) is 18.6. The lowest BCUT2D eigenvalue weighted by atomic mass is 9.87. The molecule has 1 amide bonds. The van der Waals surface area contributed by atoms with E-state index in [-0.39, 0.29) is 11.2 Å². The minimum atomic E-state index is -3.34. The van der Waals surface area contributed by atoms with Crippen LogP contribution in [-0.2, 0) is 11.2 Å². The van der Waals surface area contributed by atoms with Crippen molar-refractivity contribution >= 4 is 6.09 Å². The van der Waals surface area contributed by atoms with Crippen LogP contribution in [0.2, 0.25) is 0 Å². The maximum Gasteiger partial charge on any atom is 0.405 e. The monoisotopic (exact) mass is 397 g/mol. The average Bonchev–Trinajstić information content (AvgIpc) is 2.83. The van der Waals surface area contributed by atoms with Gasteiger partial charge in [-0.3, -0.25) is 0 Å². The summed E-state index contributed by atoms with van der Waals surface area (Å²) in [7, 11) is 0. The second kappa shape index (κ2) is 7.33. The van der Waals surface area contributed by atoms with Crippen LogP contribution in [0.25, 0.3) is 11.1 Å². The van der Waals surface area contributed by atoms with Crippen LogP contribution in [0.1, 0.15) is 31.1 Å². The number of hydrogen-bond donors (Lipinski definition) is 1. The zero-order valence-corrected chi connectivity index (χ0v) is 15.2. The molecule has 3 rings (SSSR count). The molecular formula is C20H19F4NO3. The van der Waals surface area contributed by atoms with Gasteiger partial charge in [-0.15, -0.1) is 0 Å². The second-order valence-corrected chi connectivity index (χ2v) is 7.37. The lowest BCUT2D eigenvalue weighted by Gasteiger charge is -2.26. The van der Waals surface area contributed by atoms with E-state index in [1.54, 1.807) is 18.2 Å². The van der Waals surface area contributed by atoms with Crippen LogP contribution in [0.5, 0.6) is 5.75 Å². The Morgan fingerprint density at radius 2 is 1.86 bits per heavy atom. The molecule has 150 valence electrons. The molecule has 0 saturated heterocycles.